The summed E-state index contributed by atoms with van der Waals surface area (Å²) < 4.78 is 5.54. The summed E-state index contributed by atoms with van der Waals surface area (Å²) in [4.78, 5) is 14.0. The van der Waals surface area contributed by atoms with Gasteiger partial charge in [0.15, 0.2) is 12.4 Å². The standard InChI is InChI=1S/C15H23N3O3/c1-4-11(3)18(5-2)14(19)10-21-13-9-7-6-8-12(13)15(16)17-20/h6-9,11,20H,4-5,10H2,1-3H3,(H2,16,17). The summed E-state index contributed by atoms with van der Waals surface area (Å²) in [6.45, 7) is 6.54. The lowest BCUT2D eigenvalue weighted by Gasteiger charge is -2.27. The van der Waals surface area contributed by atoms with Crippen LogP contribution in [-0.4, -0.2) is 41.0 Å². The Hall–Kier alpha value is -2.24. The van der Waals surface area contributed by atoms with Crippen LogP contribution < -0.4 is 10.5 Å². The highest BCUT2D eigenvalue weighted by Crippen LogP contribution is 2.18. The van der Waals surface area contributed by atoms with Gasteiger partial charge in [-0.3, -0.25) is 4.79 Å². The Balaban J connectivity index is 2.78. The van der Waals surface area contributed by atoms with E-state index in [0.29, 0.717) is 17.9 Å². The van der Waals surface area contributed by atoms with E-state index in [1.165, 1.54) is 0 Å². The molecule has 1 atom stereocenters. The van der Waals surface area contributed by atoms with Gasteiger partial charge in [-0.25, -0.2) is 0 Å². The number of nitrogens with two attached hydrogens (primary N) is 1. The maximum atomic E-state index is 12.2. The minimum atomic E-state index is -0.0823. The number of nitrogens with zero attached hydrogens (tertiary/aromatic N) is 2. The number of amides is 1. The third-order valence-electron chi connectivity index (χ3n) is 3.41. The zero-order chi connectivity index (χ0) is 15.8. The molecule has 0 aromatic heterocycles. The predicted molar refractivity (Wildman–Crippen MR) is 81.6 cm³/mol. The fourth-order valence-corrected chi connectivity index (χ4v) is 2.03. The van der Waals surface area contributed by atoms with Crippen molar-refractivity contribution in [3.8, 4) is 5.75 Å². The zero-order valence-electron chi connectivity index (χ0n) is 12.7. The second kappa shape index (κ2) is 8.14. The first-order valence-electron chi connectivity index (χ1n) is 7.04. The molecule has 0 radical (unpaired) electrons. The van der Waals surface area contributed by atoms with Crippen LogP contribution in [0.15, 0.2) is 29.4 Å². The number of carbonyl (C=O) groups excluding carboxylic acids is 1. The van der Waals surface area contributed by atoms with Crippen LogP contribution in [0, 0.1) is 0 Å². The Morgan fingerprint density at radius 2 is 2.10 bits per heavy atom. The first kappa shape index (κ1) is 16.8. The van der Waals surface area contributed by atoms with Gasteiger partial charge in [-0.2, -0.15) is 0 Å². The van der Waals surface area contributed by atoms with Gasteiger partial charge in [0, 0.05) is 12.6 Å². The van der Waals surface area contributed by atoms with E-state index in [9.17, 15) is 4.79 Å². The van der Waals surface area contributed by atoms with Gasteiger partial charge in [0.25, 0.3) is 5.91 Å². The molecule has 1 aromatic rings. The number of oxime groups is 1. The highest BCUT2D eigenvalue weighted by atomic mass is 16.5. The van der Waals surface area contributed by atoms with Gasteiger partial charge in [0.1, 0.15) is 5.75 Å². The van der Waals surface area contributed by atoms with E-state index >= 15 is 0 Å². The van der Waals surface area contributed by atoms with Crippen LogP contribution in [0.1, 0.15) is 32.8 Å². The number of amidine groups is 1. The molecule has 0 saturated carbocycles. The summed E-state index contributed by atoms with van der Waals surface area (Å²) in [7, 11) is 0. The molecule has 6 heteroatoms. The van der Waals surface area contributed by atoms with Crippen molar-refractivity contribution in [2.75, 3.05) is 13.2 Å². The Bertz CT molecular complexity index is 503. The van der Waals surface area contributed by atoms with Gasteiger partial charge in [0.2, 0.25) is 0 Å². The molecular weight excluding hydrogens is 270 g/mol. The van der Waals surface area contributed by atoms with Crippen LogP contribution in [0.4, 0.5) is 0 Å². The Kier molecular flexibility index (Phi) is 6.52. The molecule has 1 aromatic carbocycles. The number of hydrogen-bond acceptors (Lipinski definition) is 4. The first-order chi connectivity index (χ1) is 10.0. The lowest BCUT2D eigenvalue weighted by molar-refractivity contribution is -0.135. The molecule has 21 heavy (non-hydrogen) atoms. The fraction of sp³-hybridized carbons (Fsp3) is 0.467. The van der Waals surface area contributed by atoms with Crippen LogP contribution in [0.3, 0.4) is 0 Å². The van der Waals surface area contributed by atoms with E-state index < -0.39 is 0 Å². The van der Waals surface area contributed by atoms with Gasteiger partial charge < -0.3 is 20.6 Å². The second-order valence-corrected chi connectivity index (χ2v) is 4.71. The van der Waals surface area contributed by atoms with Crippen LogP contribution in [0.5, 0.6) is 5.75 Å². The molecule has 0 heterocycles. The Labute approximate surface area is 125 Å². The molecule has 1 amide bonds. The van der Waals surface area contributed by atoms with Gasteiger partial charge in [0.05, 0.1) is 5.56 Å². The highest BCUT2D eigenvalue weighted by Gasteiger charge is 2.18. The molecule has 1 unspecified atom stereocenters. The van der Waals surface area contributed by atoms with E-state index in [1.54, 1.807) is 29.2 Å². The SMILES string of the molecule is CCC(C)N(CC)C(=O)COc1ccccc1/C(N)=N/O. The van der Waals surface area contributed by atoms with Gasteiger partial charge in [-0.1, -0.05) is 24.2 Å². The fourth-order valence-electron chi connectivity index (χ4n) is 2.03. The van der Waals surface area contributed by atoms with Crippen LogP contribution in [0.25, 0.3) is 0 Å². The number of para-hydroxylation sites is 1. The molecule has 0 aliphatic heterocycles. The van der Waals surface area contributed by atoms with E-state index in [2.05, 4.69) is 5.16 Å². The third-order valence-corrected chi connectivity index (χ3v) is 3.41. The van der Waals surface area contributed by atoms with E-state index in [-0.39, 0.29) is 24.4 Å². The number of ether oxygens (including phenoxy) is 1. The highest BCUT2D eigenvalue weighted by molar-refractivity contribution is 5.99. The lowest BCUT2D eigenvalue weighted by atomic mass is 10.2. The molecule has 116 valence electrons. The molecular formula is C15H23N3O3. The van der Waals surface area contributed by atoms with Crippen LogP contribution in [-0.2, 0) is 4.79 Å². The van der Waals surface area contributed by atoms with Crippen molar-refractivity contribution in [2.45, 2.75) is 33.2 Å². The number of benzene rings is 1. The van der Waals surface area contributed by atoms with E-state index in [1.807, 2.05) is 20.8 Å². The number of carbonyl (C=O) groups is 1. The third kappa shape index (κ3) is 4.37. The molecule has 0 fully saturated rings. The van der Waals surface area contributed by atoms with Crippen LogP contribution >= 0.6 is 0 Å². The number of likely N-dealkylation sites (N-methyl/N-ethyl adjacent to an activating group) is 1. The summed E-state index contributed by atoms with van der Waals surface area (Å²) in [5.41, 5.74) is 6.04. The lowest BCUT2D eigenvalue weighted by Crippen LogP contribution is -2.41. The zero-order valence-corrected chi connectivity index (χ0v) is 12.7. The largest absolute Gasteiger partial charge is 0.483 e. The monoisotopic (exact) mass is 293 g/mol. The van der Waals surface area contributed by atoms with Crippen molar-refractivity contribution in [2.24, 2.45) is 10.9 Å². The van der Waals surface area contributed by atoms with Crippen molar-refractivity contribution in [3.05, 3.63) is 29.8 Å². The molecule has 0 spiro atoms. The molecule has 3 N–H and O–H groups in total. The average Bonchev–Trinajstić information content (AvgIpc) is 2.52. The summed E-state index contributed by atoms with van der Waals surface area (Å²) >= 11 is 0. The maximum Gasteiger partial charge on any atom is 0.260 e. The molecule has 1 rings (SSSR count). The van der Waals surface area contributed by atoms with Gasteiger partial charge in [-0.05, 0) is 32.4 Å². The van der Waals surface area contributed by atoms with E-state index in [4.69, 9.17) is 15.7 Å². The summed E-state index contributed by atoms with van der Waals surface area (Å²) in [5, 5.41) is 11.7. The topological polar surface area (TPSA) is 88.2 Å². The van der Waals surface area contributed by atoms with Crippen molar-refractivity contribution in [1.82, 2.24) is 4.90 Å². The quantitative estimate of drug-likeness (QED) is 0.347. The smallest absolute Gasteiger partial charge is 0.260 e. The second-order valence-electron chi connectivity index (χ2n) is 4.71. The normalized spacial score (nSPS) is 12.8. The molecule has 0 bridgehead atoms. The van der Waals surface area contributed by atoms with Crippen molar-refractivity contribution < 1.29 is 14.7 Å². The summed E-state index contributed by atoms with van der Waals surface area (Å²) in [6, 6.07) is 7.03. The van der Waals surface area contributed by atoms with Crippen molar-refractivity contribution >= 4 is 11.7 Å². The van der Waals surface area contributed by atoms with Gasteiger partial charge in [-0.15, -0.1) is 0 Å². The first-order valence-corrected chi connectivity index (χ1v) is 7.04. The maximum absolute atomic E-state index is 12.2. The molecule has 0 aliphatic carbocycles. The van der Waals surface area contributed by atoms with Gasteiger partial charge >= 0.3 is 0 Å². The van der Waals surface area contributed by atoms with Crippen molar-refractivity contribution in [1.29, 1.82) is 0 Å². The van der Waals surface area contributed by atoms with E-state index in [0.717, 1.165) is 6.42 Å². The molecule has 0 saturated heterocycles. The summed E-state index contributed by atoms with van der Waals surface area (Å²) in [5.74, 6) is 0.287. The number of hydrogen-bond donors (Lipinski definition) is 2. The molecule has 0 aliphatic rings. The van der Waals surface area contributed by atoms with Crippen LogP contribution in [0.2, 0.25) is 0 Å². The Morgan fingerprint density at radius 1 is 1.43 bits per heavy atom. The van der Waals surface area contributed by atoms with Crippen molar-refractivity contribution in [3.63, 3.8) is 0 Å². The molecule has 6 nitrogen and oxygen atoms in total. The minimum Gasteiger partial charge on any atom is -0.483 e. The minimum absolute atomic E-state index is 0.0488. The predicted octanol–water partition coefficient (Wildman–Crippen LogP) is 1.81. The average molecular weight is 293 g/mol. The summed E-state index contributed by atoms with van der Waals surface area (Å²) in [6.07, 6.45) is 0.889. The Morgan fingerprint density at radius 3 is 2.67 bits per heavy atom. The number of rotatable bonds is 7.